The van der Waals surface area contributed by atoms with Crippen LogP contribution in [0.25, 0.3) is 0 Å². The van der Waals surface area contributed by atoms with Gasteiger partial charge < -0.3 is 24.5 Å². The van der Waals surface area contributed by atoms with Gasteiger partial charge in [-0.3, -0.25) is 14.4 Å². The molecule has 1 N–H and O–H groups in total. The number of esters is 1. The van der Waals surface area contributed by atoms with Crippen LogP contribution in [0, 0.1) is 11.8 Å². The molecule has 3 fully saturated rings. The molecule has 3 aliphatic heterocycles. The van der Waals surface area contributed by atoms with E-state index in [4.69, 9.17) is 4.74 Å². The number of aliphatic hydroxyl groups is 1. The van der Waals surface area contributed by atoms with Crippen molar-refractivity contribution in [2.24, 2.45) is 11.8 Å². The second-order valence-electron chi connectivity index (χ2n) is 11.3. The van der Waals surface area contributed by atoms with Gasteiger partial charge in [0.25, 0.3) is 5.91 Å². The molecule has 3 heterocycles. The van der Waals surface area contributed by atoms with E-state index in [9.17, 15) is 19.5 Å². The number of hydrogen-bond acceptors (Lipinski definition) is 7. The van der Waals surface area contributed by atoms with Crippen LogP contribution in [0.1, 0.15) is 46.5 Å². The van der Waals surface area contributed by atoms with Crippen molar-refractivity contribution in [2.75, 3.05) is 42.6 Å². The number of unbranched alkanes of at least 4 members (excludes halogenated alkanes) is 2. The number of rotatable bonds is 15. The molecular formula is C32H44BrN3O5S. The molecule has 230 valence electrons. The van der Waals surface area contributed by atoms with Gasteiger partial charge in [-0.15, -0.1) is 24.9 Å². The minimum atomic E-state index is -0.847. The Labute approximate surface area is 262 Å². The molecule has 3 aliphatic rings. The lowest BCUT2D eigenvalue weighted by Crippen LogP contribution is -2.57. The third kappa shape index (κ3) is 5.78. The number of ether oxygens (including phenoxy) is 1. The molecule has 7 atom stereocenters. The minimum absolute atomic E-state index is 0.0502. The molecule has 0 radical (unpaired) electrons. The Bertz CT molecular complexity index is 1160. The van der Waals surface area contributed by atoms with Gasteiger partial charge in [0.05, 0.1) is 35.8 Å². The smallest absolute Gasteiger partial charge is 0.310 e. The van der Waals surface area contributed by atoms with E-state index < -0.39 is 28.7 Å². The fraction of sp³-hybridized carbons (Fsp3) is 0.594. The number of nitrogens with zero attached hydrogens (tertiary/aromatic N) is 3. The topological polar surface area (TPSA) is 90.4 Å². The molecule has 42 heavy (non-hydrogen) atoms. The molecule has 4 rings (SSSR count). The average molecular weight is 663 g/mol. The summed E-state index contributed by atoms with van der Waals surface area (Å²) >= 11 is 5.36. The minimum Gasteiger partial charge on any atom is -0.465 e. The van der Waals surface area contributed by atoms with Crippen LogP contribution in [0.15, 0.2) is 49.6 Å². The summed E-state index contributed by atoms with van der Waals surface area (Å²) in [6.07, 6.45) is 6.54. The van der Waals surface area contributed by atoms with E-state index in [1.807, 2.05) is 30.3 Å². The third-order valence-corrected chi connectivity index (χ3v) is 12.1. The Morgan fingerprint density at radius 2 is 1.86 bits per heavy atom. The maximum atomic E-state index is 14.7. The van der Waals surface area contributed by atoms with Crippen LogP contribution in [0.2, 0.25) is 0 Å². The van der Waals surface area contributed by atoms with Gasteiger partial charge in [-0.05, 0) is 70.7 Å². The molecule has 1 aromatic rings. The standard InChI is InChI=1S/C32H44BrN3O5S/c1-6-10-11-12-18-41-31(40)25-26-29(38)36(21(5)20-37)28(32(26)19-24(33)27(25)42-32)30(39)35(17-7-2)23-15-13-22(14-16-23)34(8-3)9-4/h6-7,13-16,21,24-28,37H,1-2,8-12,17-20H2,3-5H3/t21-,24?,25-,26+,27-,28?,32?/m1/s1. The molecule has 1 spiro atoms. The number of likely N-dealkylation sites (tertiary alicyclic amines) is 1. The quantitative estimate of drug-likeness (QED) is 0.125. The zero-order chi connectivity index (χ0) is 30.6. The summed E-state index contributed by atoms with van der Waals surface area (Å²) in [5.74, 6) is -2.22. The highest BCUT2D eigenvalue weighted by Gasteiger charge is 2.76. The van der Waals surface area contributed by atoms with E-state index in [1.54, 1.807) is 34.6 Å². The van der Waals surface area contributed by atoms with Crippen LogP contribution in [-0.2, 0) is 19.1 Å². The Kier molecular flexibility index (Phi) is 10.9. The van der Waals surface area contributed by atoms with E-state index in [2.05, 4.69) is 47.8 Å². The number of carbonyl (C=O) groups excluding carboxylic acids is 3. The maximum absolute atomic E-state index is 14.7. The average Bonchev–Trinajstić information content (AvgIpc) is 3.59. The van der Waals surface area contributed by atoms with Gasteiger partial charge in [-0.2, -0.15) is 0 Å². The zero-order valence-corrected chi connectivity index (χ0v) is 27.3. The lowest BCUT2D eigenvalue weighted by Gasteiger charge is -2.39. The lowest BCUT2D eigenvalue weighted by atomic mass is 9.71. The van der Waals surface area contributed by atoms with Crippen LogP contribution in [0.5, 0.6) is 0 Å². The summed E-state index contributed by atoms with van der Waals surface area (Å²) in [7, 11) is 0. The highest BCUT2D eigenvalue weighted by Crippen LogP contribution is 2.68. The number of halogens is 1. The first kappa shape index (κ1) is 32.6. The summed E-state index contributed by atoms with van der Waals surface area (Å²) in [6, 6.07) is 6.43. The predicted molar refractivity (Wildman–Crippen MR) is 173 cm³/mol. The van der Waals surface area contributed by atoms with Crippen molar-refractivity contribution in [2.45, 2.75) is 73.4 Å². The van der Waals surface area contributed by atoms with Crippen LogP contribution in [-0.4, -0.2) is 87.5 Å². The highest BCUT2D eigenvalue weighted by atomic mass is 79.9. The molecule has 2 amide bonds. The molecule has 0 aromatic heterocycles. The van der Waals surface area contributed by atoms with Gasteiger partial charge in [0.15, 0.2) is 0 Å². The SMILES string of the molecule is C=CCCCCOC(=O)[C@H]1[C@@H]2SC3(CC2Br)C(C(=O)N(CC=C)c2ccc(N(CC)CC)cc2)N([C@H](C)CO)C(=O)[C@H]13. The number of thioether (sulfide) groups is 1. The van der Waals surface area contributed by atoms with Crippen LogP contribution >= 0.6 is 27.7 Å². The van der Waals surface area contributed by atoms with Crippen molar-refractivity contribution >= 4 is 56.9 Å². The van der Waals surface area contributed by atoms with Crippen LogP contribution in [0.3, 0.4) is 0 Å². The molecular weight excluding hydrogens is 618 g/mol. The summed E-state index contributed by atoms with van der Waals surface area (Å²) in [4.78, 5) is 47.8. The Morgan fingerprint density at radius 3 is 2.45 bits per heavy atom. The summed E-state index contributed by atoms with van der Waals surface area (Å²) in [5, 5.41) is 10.0. The molecule has 2 bridgehead atoms. The van der Waals surface area contributed by atoms with Crippen molar-refractivity contribution in [3.8, 4) is 0 Å². The second kappa shape index (κ2) is 14.0. The van der Waals surface area contributed by atoms with Crippen molar-refractivity contribution in [3.05, 3.63) is 49.6 Å². The van der Waals surface area contributed by atoms with Crippen molar-refractivity contribution in [1.29, 1.82) is 0 Å². The van der Waals surface area contributed by atoms with Crippen molar-refractivity contribution in [3.63, 3.8) is 0 Å². The summed E-state index contributed by atoms with van der Waals surface area (Å²) < 4.78 is 4.89. The molecule has 10 heteroatoms. The fourth-order valence-corrected chi connectivity index (χ4v) is 10.5. The number of carbonyl (C=O) groups is 3. The van der Waals surface area contributed by atoms with E-state index in [0.717, 1.165) is 38.0 Å². The van der Waals surface area contributed by atoms with Gasteiger partial charge in [0.1, 0.15) is 6.04 Å². The van der Waals surface area contributed by atoms with Gasteiger partial charge in [0.2, 0.25) is 5.91 Å². The van der Waals surface area contributed by atoms with Gasteiger partial charge in [-0.1, -0.05) is 28.1 Å². The summed E-state index contributed by atoms with van der Waals surface area (Å²) in [5.41, 5.74) is 1.78. The first-order valence-electron chi connectivity index (χ1n) is 15.0. The number of amides is 2. The largest absolute Gasteiger partial charge is 0.465 e. The third-order valence-electron chi connectivity index (χ3n) is 8.89. The lowest BCUT2D eigenvalue weighted by molar-refractivity contribution is -0.154. The zero-order valence-electron chi connectivity index (χ0n) is 24.9. The predicted octanol–water partition coefficient (Wildman–Crippen LogP) is 4.80. The number of hydrogen-bond donors (Lipinski definition) is 1. The van der Waals surface area contributed by atoms with Crippen LogP contribution in [0.4, 0.5) is 11.4 Å². The Hall–Kier alpha value is -2.30. The fourth-order valence-electron chi connectivity index (χ4n) is 6.87. The molecule has 8 nitrogen and oxygen atoms in total. The first-order chi connectivity index (χ1) is 20.2. The second-order valence-corrected chi connectivity index (χ2v) is 14.0. The highest BCUT2D eigenvalue weighted by molar-refractivity contribution is 9.09. The monoisotopic (exact) mass is 661 g/mol. The van der Waals surface area contributed by atoms with E-state index in [-0.39, 0.29) is 47.6 Å². The van der Waals surface area contributed by atoms with Crippen LogP contribution < -0.4 is 9.80 Å². The normalized spacial score (nSPS) is 28.4. The van der Waals surface area contributed by atoms with Gasteiger partial charge >= 0.3 is 5.97 Å². The van der Waals surface area contributed by atoms with Gasteiger partial charge in [0, 0.05) is 41.1 Å². The Balaban J connectivity index is 1.69. The Morgan fingerprint density at radius 1 is 1.19 bits per heavy atom. The summed E-state index contributed by atoms with van der Waals surface area (Å²) in [6.45, 7) is 15.6. The number of alkyl halides is 1. The van der Waals surface area contributed by atoms with E-state index in [0.29, 0.717) is 12.1 Å². The molecule has 1 aromatic carbocycles. The maximum Gasteiger partial charge on any atom is 0.310 e. The van der Waals surface area contributed by atoms with Gasteiger partial charge in [-0.25, -0.2) is 0 Å². The first-order valence-corrected chi connectivity index (χ1v) is 16.8. The number of fused-ring (bicyclic) bond motifs is 1. The number of benzene rings is 1. The van der Waals surface area contributed by atoms with E-state index in [1.165, 1.54) is 0 Å². The molecule has 0 saturated carbocycles. The molecule has 3 unspecified atom stereocenters. The number of aliphatic hydroxyl groups excluding tert-OH is 1. The van der Waals surface area contributed by atoms with Crippen molar-refractivity contribution < 1.29 is 24.2 Å². The number of anilines is 2. The molecule has 3 saturated heterocycles. The van der Waals surface area contributed by atoms with E-state index >= 15 is 0 Å². The van der Waals surface area contributed by atoms with Crippen molar-refractivity contribution in [1.82, 2.24) is 4.90 Å². The number of allylic oxidation sites excluding steroid dienone is 1. The molecule has 0 aliphatic carbocycles.